The van der Waals surface area contributed by atoms with E-state index in [-0.39, 0.29) is 0 Å². The maximum absolute atomic E-state index is 4.97. The van der Waals surface area contributed by atoms with Gasteiger partial charge in [0, 0.05) is 0 Å². The Morgan fingerprint density at radius 1 is 2.00 bits per heavy atom. The van der Waals surface area contributed by atoms with Crippen molar-refractivity contribution in [1.82, 2.24) is 0 Å². The fourth-order valence-electron chi connectivity index (χ4n) is 0. The maximum atomic E-state index is 4.97. The van der Waals surface area contributed by atoms with E-state index in [4.69, 9.17) is 5.73 Å². The molecule has 0 aliphatic carbocycles. The molecule has 0 spiro atoms. The van der Waals surface area contributed by atoms with Gasteiger partial charge in [0.1, 0.15) is 0 Å². The van der Waals surface area contributed by atoms with Crippen LogP contribution in [0.5, 0.6) is 0 Å². The van der Waals surface area contributed by atoms with E-state index in [1.54, 1.807) is 6.92 Å². The van der Waals surface area contributed by atoms with E-state index in [0.29, 0.717) is 0 Å². The van der Waals surface area contributed by atoms with Gasteiger partial charge in [0.15, 0.2) is 0 Å². The predicted octanol–water partition coefficient (Wildman–Crippen LogP) is -0.358. The molecule has 0 bridgehead atoms. The first-order valence-corrected chi connectivity index (χ1v) is 1.63. The van der Waals surface area contributed by atoms with E-state index in [9.17, 15) is 0 Å². The molecular weight excluding hydrogens is 90.0 g/mol. The molecule has 0 saturated heterocycles. The third-order valence-corrected chi connectivity index (χ3v) is 0. The van der Waals surface area contributed by atoms with Crippen LogP contribution >= 0.6 is 0 Å². The molecule has 0 atom stereocenters. The summed E-state index contributed by atoms with van der Waals surface area (Å²) in [6.45, 7) is 1.81. The number of hydrogen-bond donors (Lipinski definition) is 1. The van der Waals surface area contributed by atoms with Crippen molar-refractivity contribution in [2.45, 2.75) is 6.92 Å². The van der Waals surface area contributed by atoms with Crippen LogP contribution < -0.4 is 5.73 Å². The average Bonchev–Trinajstić information content (AvgIpc) is 0.811. The molecule has 4 heavy (non-hydrogen) atoms. The molecule has 0 aliphatic rings. The van der Waals surface area contributed by atoms with Crippen LogP contribution in [0.15, 0.2) is 0 Å². The second kappa shape index (κ2) is 1.66. The molecule has 24 valence electrons. The summed E-state index contributed by atoms with van der Waals surface area (Å²) in [4.78, 5) is 0. The van der Waals surface area contributed by atoms with Gasteiger partial charge in [-0.1, -0.05) is 0 Å². The van der Waals surface area contributed by atoms with Gasteiger partial charge in [-0.15, -0.1) is 0 Å². The molecule has 0 aliphatic heterocycles. The van der Waals surface area contributed by atoms with Gasteiger partial charge >= 0.3 is 33.0 Å². The second-order valence-corrected chi connectivity index (χ2v) is 1.62. The molecule has 0 unspecified atom stereocenters. The van der Waals surface area contributed by atoms with Gasteiger partial charge in [0.25, 0.3) is 0 Å². The van der Waals surface area contributed by atoms with Crippen LogP contribution in [0.4, 0.5) is 0 Å². The summed E-state index contributed by atoms with van der Waals surface area (Å²) in [6.07, 6.45) is 0. The van der Waals surface area contributed by atoms with Crippen molar-refractivity contribution in [3.8, 4) is 0 Å². The monoisotopic (exact) mass is 95.0 g/mol. The Hall–Kier alpha value is 0.362. The van der Waals surface area contributed by atoms with E-state index < -0.39 is 0 Å². The molecule has 0 aromatic carbocycles. The molecule has 0 rings (SSSR count). The van der Waals surface area contributed by atoms with Crippen molar-refractivity contribution in [1.29, 1.82) is 0 Å². The molecule has 2 N–H and O–H groups in total. The summed E-state index contributed by atoms with van der Waals surface area (Å²) in [6, 6.07) is 0. The minimum absolute atomic E-state index is 0.792. The molecule has 2 heteroatoms. The van der Waals surface area contributed by atoms with Crippen molar-refractivity contribution >= 4 is 4.50 Å². The van der Waals surface area contributed by atoms with Crippen molar-refractivity contribution in [3.05, 3.63) is 0 Å². The van der Waals surface area contributed by atoms with Crippen LogP contribution in [0, 0.1) is 0 Å². The molecule has 0 amide bonds. The van der Waals surface area contributed by atoms with Gasteiger partial charge in [0.2, 0.25) is 0 Å². The summed E-state index contributed by atoms with van der Waals surface area (Å²) >= 11 is 2.60. The quantitative estimate of drug-likeness (QED) is 0.437. The first-order chi connectivity index (χ1) is 1.73. The van der Waals surface area contributed by atoms with Crippen molar-refractivity contribution in [3.63, 3.8) is 0 Å². The standard InChI is InChI=1S/C2H5N.Cr/c1-2-3;/h3H2,1H3;. The zero-order valence-corrected chi connectivity index (χ0v) is 3.76. The Morgan fingerprint density at radius 2 is 2.00 bits per heavy atom. The van der Waals surface area contributed by atoms with E-state index >= 15 is 0 Å². The first kappa shape index (κ1) is 4.36. The van der Waals surface area contributed by atoms with Gasteiger partial charge in [-0.25, -0.2) is 0 Å². The van der Waals surface area contributed by atoms with Crippen LogP contribution in [-0.4, -0.2) is 4.50 Å². The van der Waals surface area contributed by atoms with E-state index in [0.717, 1.165) is 4.50 Å². The Balaban J connectivity index is 2.80. The SMILES string of the molecule is C[C](N)=[Cr]. The first-order valence-electron chi connectivity index (χ1n) is 0.993. The molecule has 1 nitrogen and oxygen atoms in total. The number of rotatable bonds is 0. The summed E-state index contributed by atoms with van der Waals surface area (Å²) in [7, 11) is 0. The van der Waals surface area contributed by atoms with E-state index in [1.807, 2.05) is 0 Å². The average molecular weight is 95.1 g/mol. The Labute approximate surface area is 33.8 Å². The van der Waals surface area contributed by atoms with Crippen LogP contribution in [0.3, 0.4) is 0 Å². The van der Waals surface area contributed by atoms with Gasteiger partial charge in [-0.05, 0) is 0 Å². The second-order valence-electron chi connectivity index (χ2n) is 0.611. The minimum atomic E-state index is 0.792. The van der Waals surface area contributed by atoms with Gasteiger partial charge in [0.05, 0.1) is 0 Å². The third-order valence-electron chi connectivity index (χ3n) is 0. The van der Waals surface area contributed by atoms with Crippen LogP contribution in [0.1, 0.15) is 6.92 Å². The molecule has 0 fully saturated rings. The van der Waals surface area contributed by atoms with Gasteiger partial charge < -0.3 is 0 Å². The normalized spacial score (nSPS) is 6.50. The van der Waals surface area contributed by atoms with Gasteiger partial charge in [-0.3, -0.25) is 0 Å². The Bertz CT molecular complexity index is 29.0. The summed E-state index contributed by atoms with van der Waals surface area (Å²) in [5.41, 5.74) is 4.97. The van der Waals surface area contributed by atoms with Crippen LogP contribution in [0.25, 0.3) is 0 Å². The van der Waals surface area contributed by atoms with Crippen LogP contribution in [0.2, 0.25) is 0 Å². The summed E-state index contributed by atoms with van der Waals surface area (Å²) in [5.74, 6) is 0. The molecule has 0 aromatic heterocycles. The zero-order valence-electron chi connectivity index (χ0n) is 2.49. The van der Waals surface area contributed by atoms with E-state index in [1.165, 1.54) is 0 Å². The van der Waals surface area contributed by atoms with Gasteiger partial charge in [-0.2, -0.15) is 0 Å². The molecular formula is C2H5CrN. The van der Waals surface area contributed by atoms with E-state index in [2.05, 4.69) is 15.9 Å². The molecule has 0 radical (unpaired) electrons. The molecule has 0 saturated carbocycles. The molecule has 0 aromatic rings. The third kappa shape index (κ3) is 33.4. The zero-order chi connectivity index (χ0) is 3.58. The number of nitrogens with two attached hydrogens (primary N) is 1. The van der Waals surface area contributed by atoms with Crippen molar-refractivity contribution in [2.24, 2.45) is 5.73 Å². The van der Waals surface area contributed by atoms with Crippen LogP contribution in [-0.2, 0) is 15.9 Å². The predicted molar refractivity (Wildman–Crippen MR) is 14.9 cm³/mol. The van der Waals surface area contributed by atoms with Crippen molar-refractivity contribution in [2.75, 3.05) is 0 Å². The fourth-order valence-corrected chi connectivity index (χ4v) is 0. The summed E-state index contributed by atoms with van der Waals surface area (Å²) in [5, 5.41) is 0. The molecule has 0 heterocycles. The number of hydrogen-bond acceptors (Lipinski definition) is 1. The fraction of sp³-hybridized carbons (Fsp3) is 0.500. The Morgan fingerprint density at radius 3 is 2.00 bits per heavy atom. The van der Waals surface area contributed by atoms with Crippen molar-refractivity contribution < 1.29 is 15.9 Å². The topological polar surface area (TPSA) is 26.0 Å². The summed E-state index contributed by atoms with van der Waals surface area (Å²) < 4.78 is 0.792. The Kier molecular flexibility index (Phi) is 1.81.